The molecule has 4 N–H and O–H groups in total. The Balaban J connectivity index is 4.60. The quantitative estimate of drug-likeness (QED) is 0.184. The molecule has 3 atom stereocenters. The lowest BCUT2D eigenvalue weighted by Crippen LogP contribution is -2.34. The summed E-state index contributed by atoms with van der Waals surface area (Å²) in [5.41, 5.74) is 5.17. The van der Waals surface area contributed by atoms with Crippen molar-refractivity contribution in [3.63, 3.8) is 0 Å². The molecule has 0 aromatic carbocycles. The normalized spacial score (nSPS) is 15.3. The van der Waals surface area contributed by atoms with E-state index >= 15 is 0 Å². The molecule has 0 bridgehead atoms. The molecule has 0 aromatic heterocycles. The van der Waals surface area contributed by atoms with E-state index in [-0.39, 0.29) is 19.4 Å². The Morgan fingerprint density at radius 1 is 1.00 bits per heavy atom. The first kappa shape index (κ1) is 26.5. The topological polar surface area (TPSA) is 172 Å². The smallest absolute Gasteiger partial charge is 0.472 e. The Bertz CT molecular complexity index is 542. The summed E-state index contributed by atoms with van der Waals surface area (Å²) in [6.45, 7) is 1.91. The number of phosphoric ester groups is 1. The number of nitrogens with two attached hydrogens (primary N) is 1. The van der Waals surface area contributed by atoms with Crippen LogP contribution >= 0.6 is 7.82 Å². The van der Waals surface area contributed by atoms with Crippen molar-refractivity contribution in [2.75, 3.05) is 19.8 Å². The van der Waals surface area contributed by atoms with E-state index < -0.39 is 51.1 Å². The maximum Gasteiger partial charge on any atom is 0.472 e. The van der Waals surface area contributed by atoms with Gasteiger partial charge in [0, 0.05) is 12.8 Å². The maximum atomic E-state index is 11.9. The number of esters is 2. The zero-order chi connectivity index (χ0) is 21.6. The van der Waals surface area contributed by atoms with Crippen LogP contribution in [0.15, 0.2) is 0 Å². The highest BCUT2D eigenvalue weighted by molar-refractivity contribution is 7.47. The molecule has 0 fully saturated rings. The molecular weight excluding hydrogens is 397 g/mol. The molecule has 0 spiro atoms. The van der Waals surface area contributed by atoms with Crippen molar-refractivity contribution in [1.29, 1.82) is 0 Å². The number of hydrogen-bond acceptors (Lipinski definition) is 9. The SMILES string of the molecule is CCCCCCC(=O)OC(COC(=O)CC)COP(=O)(O)OCC(N)C(=O)O. The number of ether oxygens (including phenoxy) is 2. The first-order chi connectivity index (χ1) is 13.1. The zero-order valence-corrected chi connectivity index (χ0v) is 17.1. The number of carbonyl (C=O) groups is 3. The van der Waals surface area contributed by atoms with Crippen molar-refractivity contribution in [1.82, 2.24) is 0 Å². The number of unbranched alkanes of at least 4 members (excludes halogenated alkanes) is 3. The lowest BCUT2D eigenvalue weighted by Gasteiger charge is -2.20. The van der Waals surface area contributed by atoms with Gasteiger partial charge in [-0.15, -0.1) is 0 Å². The predicted molar refractivity (Wildman–Crippen MR) is 97.2 cm³/mol. The van der Waals surface area contributed by atoms with Crippen LogP contribution in [0, 0.1) is 0 Å². The van der Waals surface area contributed by atoms with Crippen LogP contribution in [0.25, 0.3) is 0 Å². The molecule has 3 unspecified atom stereocenters. The molecule has 0 aliphatic heterocycles. The molecule has 0 amide bonds. The first-order valence-electron chi connectivity index (χ1n) is 9.06. The van der Waals surface area contributed by atoms with Crippen molar-refractivity contribution in [2.24, 2.45) is 5.73 Å². The van der Waals surface area contributed by atoms with Gasteiger partial charge in [0.15, 0.2) is 6.10 Å². The third-order valence-electron chi connectivity index (χ3n) is 3.41. The van der Waals surface area contributed by atoms with Crippen molar-refractivity contribution in [3.05, 3.63) is 0 Å². The van der Waals surface area contributed by atoms with Crippen LogP contribution < -0.4 is 5.73 Å². The van der Waals surface area contributed by atoms with E-state index in [1.807, 2.05) is 6.92 Å². The van der Waals surface area contributed by atoms with Gasteiger partial charge in [-0.05, 0) is 6.42 Å². The maximum absolute atomic E-state index is 11.9. The molecular formula is C16H30NO10P. The van der Waals surface area contributed by atoms with E-state index in [1.54, 1.807) is 6.92 Å². The van der Waals surface area contributed by atoms with Crippen molar-refractivity contribution < 1.29 is 47.5 Å². The van der Waals surface area contributed by atoms with Crippen LogP contribution in [-0.2, 0) is 37.5 Å². The van der Waals surface area contributed by atoms with Gasteiger partial charge in [0.1, 0.15) is 12.6 Å². The van der Waals surface area contributed by atoms with Crippen LogP contribution in [-0.4, -0.2) is 59.9 Å². The van der Waals surface area contributed by atoms with Gasteiger partial charge in [0.05, 0.1) is 13.2 Å². The average Bonchev–Trinajstić information content (AvgIpc) is 2.65. The molecule has 11 nitrogen and oxygen atoms in total. The van der Waals surface area contributed by atoms with Crippen molar-refractivity contribution in [2.45, 2.75) is 64.5 Å². The van der Waals surface area contributed by atoms with E-state index in [4.69, 9.17) is 24.8 Å². The fourth-order valence-electron chi connectivity index (χ4n) is 1.81. The summed E-state index contributed by atoms with van der Waals surface area (Å²) < 4.78 is 31.0. The molecule has 0 aliphatic rings. The second-order valence-electron chi connectivity index (χ2n) is 5.96. The van der Waals surface area contributed by atoms with Crippen LogP contribution in [0.3, 0.4) is 0 Å². The van der Waals surface area contributed by atoms with E-state index in [0.717, 1.165) is 19.3 Å². The van der Waals surface area contributed by atoms with Crippen LogP contribution in [0.1, 0.15) is 52.4 Å². The Labute approximate surface area is 164 Å². The number of hydrogen-bond donors (Lipinski definition) is 3. The third-order valence-corrected chi connectivity index (χ3v) is 4.36. The van der Waals surface area contributed by atoms with Gasteiger partial charge in [-0.3, -0.25) is 23.4 Å². The molecule has 0 saturated carbocycles. The second kappa shape index (κ2) is 14.5. The zero-order valence-electron chi connectivity index (χ0n) is 16.2. The first-order valence-corrected chi connectivity index (χ1v) is 10.6. The van der Waals surface area contributed by atoms with Crippen LogP contribution in [0.2, 0.25) is 0 Å². The van der Waals surface area contributed by atoms with Gasteiger partial charge in [0.2, 0.25) is 0 Å². The predicted octanol–water partition coefficient (Wildman–Crippen LogP) is 1.37. The third kappa shape index (κ3) is 13.6. The molecule has 0 rings (SSSR count). The number of phosphoric acid groups is 1. The molecule has 28 heavy (non-hydrogen) atoms. The monoisotopic (exact) mass is 427 g/mol. The van der Waals surface area contributed by atoms with Crippen molar-refractivity contribution in [3.8, 4) is 0 Å². The van der Waals surface area contributed by atoms with Gasteiger partial charge in [-0.2, -0.15) is 0 Å². The van der Waals surface area contributed by atoms with Gasteiger partial charge in [-0.1, -0.05) is 33.1 Å². The molecule has 0 aromatic rings. The minimum atomic E-state index is -4.64. The summed E-state index contributed by atoms with van der Waals surface area (Å²) in [5, 5.41) is 8.62. The lowest BCUT2D eigenvalue weighted by molar-refractivity contribution is -0.161. The van der Waals surface area contributed by atoms with Gasteiger partial charge in [0.25, 0.3) is 0 Å². The van der Waals surface area contributed by atoms with E-state index in [2.05, 4.69) is 4.52 Å². The standard InChI is InChI=1S/C16H30NO10P/c1-3-5-6-7-8-15(19)27-12(9-24-14(18)4-2)10-25-28(22,23)26-11-13(17)16(20)21/h12-13H,3-11,17H2,1-2H3,(H,20,21)(H,22,23). The highest BCUT2D eigenvalue weighted by atomic mass is 31.2. The summed E-state index contributed by atoms with van der Waals surface area (Å²) in [6, 6.07) is -1.51. The lowest BCUT2D eigenvalue weighted by atomic mass is 10.1. The van der Waals surface area contributed by atoms with E-state index in [1.165, 1.54) is 0 Å². The number of aliphatic carboxylic acids is 1. The molecule has 0 aliphatic carbocycles. The molecule has 0 saturated heterocycles. The summed E-state index contributed by atoms with van der Waals surface area (Å²) in [7, 11) is -4.64. The Kier molecular flexibility index (Phi) is 13.7. The summed E-state index contributed by atoms with van der Waals surface area (Å²) in [4.78, 5) is 43.3. The fraction of sp³-hybridized carbons (Fsp3) is 0.812. The van der Waals surface area contributed by atoms with Crippen LogP contribution in [0.4, 0.5) is 0 Å². The second-order valence-corrected chi connectivity index (χ2v) is 7.42. The molecule has 0 heterocycles. The van der Waals surface area contributed by atoms with Crippen molar-refractivity contribution >= 4 is 25.7 Å². The molecule has 164 valence electrons. The number of carboxylic acids is 1. The minimum absolute atomic E-state index is 0.104. The van der Waals surface area contributed by atoms with Gasteiger partial charge >= 0.3 is 25.7 Å². The summed E-state index contributed by atoms with van der Waals surface area (Å²) in [6.07, 6.45) is 2.62. The number of carbonyl (C=O) groups excluding carboxylic acids is 2. The minimum Gasteiger partial charge on any atom is -0.480 e. The Morgan fingerprint density at radius 2 is 1.64 bits per heavy atom. The Morgan fingerprint density at radius 3 is 2.21 bits per heavy atom. The summed E-state index contributed by atoms with van der Waals surface area (Å²) >= 11 is 0. The summed E-state index contributed by atoms with van der Waals surface area (Å²) in [5.74, 6) is -2.51. The van der Waals surface area contributed by atoms with Crippen LogP contribution in [0.5, 0.6) is 0 Å². The Hall–Kier alpha value is -1.52. The molecule has 12 heteroatoms. The van der Waals surface area contributed by atoms with Gasteiger partial charge < -0.3 is 25.2 Å². The average molecular weight is 427 g/mol. The van der Waals surface area contributed by atoms with E-state index in [0.29, 0.717) is 6.42 Å². The fourth-order valence-corrected chi connectivity index (χ4v) is 2.58. The number of rotatable bonds is 16. The highest BCUT2D eigenvalue weighted by Crippen LogP contribution is 2.43. The largest absolute Gasteiger partial charge is 0.480 e. The van der Waals surface area contributed by atoms with Gasteiger partial charge in [-0.25, -0.2) is 4.57 Å². The van der Waals surface area contributed by atoms with E-state index in [9.17, 15) is 23.8 Å². The highest BCUT2D eigenvalue weighted by Gasteiger charge is 2.27. The number of carboxylic acid groups (broad SMARTS) is 1. The molecule has 0 radical (unpaired) electrons.